The van der Waals surface area contributed by atoms with Gasteiger partial charge in [-0.15, -0.1) is 0 Å². The van der Waals surface area contributed by atoms with Crippen LogP contribution in [0, 0.1) is 6.92 Å². The molecule has 1 aliphatic heterocycles. The molecular weight excluding hydrogens is 444 g/mol. The molecule has 1 aliphatic rings. The molecule has 0 fully saturated rings. The minimum atomic E-state index is -0.879. The molecule has 2 aromatic carbocycles. The fourth-order valence-electron chi connectivity index (χ4n) is 3.88. The Labute approximate surface area is 196 Å². The number of carbonyl (C=O) groups is 3. The van der Waals surface area contributed by atoms with Crippen molar-refractivity contribution in [2.45, 2.75) is 25.9 Å². The number of esters is 1. The molecule has 2 amide bonds. The predicted molar refractivity (Wildman–Crippen MR) is 123 cm³/mol. The van der Waals surface area contributed by atoms with Gasteiger partial charge in [-0.1, -0.05) is 48.0 Å². The molecule has 0 bridgehead atoms. The monoisotopic (exact) mass is 466 g/mol. The first-order chi connectivity index (χ1) is 15.8. The van der Waals surface area contributed by atoms with Gasteiger partial charge in [0.2, 0.25) is 0 Å². The molecule has 0 unspecified atom stereocenters. The second-order valence-electron chi connectivity index (χ2n) is 7.85. The number of anilines is 1. The van der Waals surface area contributed by atoms with Crippen LogP contribution in [-0.2, 0) is 34.3 Å². The minimum Gasteiger partial charge on any atom is -0.454 e. The minimum absolute atomic E-state index is 0.237. The molecule has 8 nitrogen and oxygen atoms in total. The van der Waals surface area contributed by atoms with Gasteiger partial charge < -0.3 is 15.0 Å². The summed E-state index contributed by atoms with van der Waals surface area (Å²) in [6, 6.07) is 15.2. The summed E-state index contributed by atoms with van der Waals surface area (Å²) in [7, 11) is 1.70. The van der Waals surface area contributed by atoms with Gasteiger partial charge in [0.25, 0.3) is 11.8 Å². The molecule has 170 valence electrons. The Kier molecular flexibility index (Phi) is 6.46. The fourth-order valence-corrected chi connectivity index (χ4v) is 4.09. The van der Waals surface area contributed by atoms with Gasteiger partial charge in [0.15, 0.2) is 6.61 Å². The second kappa shape index (κ2) is 9.46. The van der Waals surface area contributed by atoms with Crippen molar-refractivity contribution in [1.82, 2.24) is 14.7 Å². The van der Waals surface area contributed by atoms with E-state index in [2.05, 4.69) is 10.4 Å². The van der Waals surface area contributed by atoms with Crippen LogP contribution in [0.2, 0.25) is 5.02 Å². The van der Waals surface area contributed by atoms with E-state index in [-0.39, 0.29) is 18.9 Å². The van der Waals surface area contributed by atoms with Crippen LogP contribution < -0.4 is 5.32 Å². The number of fused-ring (bicyclic) bond motifs is 1. The first kappa shape index (κ1) is 22.5. The van der Waals surface area contributed by atoms with Crippen LogP contribution in [-0.4, -0.2) is 45.1 Å². The predicted octanol–water partition coefficient (Wildman–Crippen LogP) is 3.13. The molecule has 0 spiro atoms. The van der Waals surface area contributed by atoms with Gasteiger partial charge in [0.05, 0.1) is 16.3 Å². The van der Waals surface area contributed by atoms with Crippen molar-refractivity contribution in [2.24, 2.45) is 7.05 Å². The Morgan fingerprint density at radius 2 is 1.82 bits per heavy atom. The van der Waals surface area contributed by atoms with Gasteiger partial charge >= 0.3 is 5.97 Å². The van der Waals surface area contributed by atoms with Crippen molar-refractivity contribution in [3.05, 3.63) is 82.0 Å². The summed E-state index contributed by atoms with van der Waals surface area (Å²) in [5, 5.41) is 7.12. The highest BCUT2D eigenvalue weighted by molar-refractivity contribution is 6.33. The SMILES string of the molecule is Cc1cc(NC(=O)COC(=O)[C@@H]2Cc3ccccc3CN2C(=O)c2ccccc2Cl)n(C)n1. The molecule has 4 rings (SSSR count). The van der Waals surface area contributed by atoms with Crippen molar-refractivity contribution >= 4 is 35.2 Å². The number of hydrogen-bond donors (Lipinski definition) is 1. The molecule has 0 saturated carbocycles. The number of amides is 2. The second-order valence-corrected chi connectivity index (χ2v) is 8.26. The van der Waals surface area contributed by atoms with E-state index >= 15 is 0 Å². The maximum Gasteiger partial charge on any atom is 0.329 e. The molecule has 0 saturated heterocycles. The third-order valence-electron chi connectivity index (χ3n) is 5.50. The summed E-state index contributed by atoms with van der Waals surface area (Å²) in [5.74, 6) is -1.02. The van der Waals surface area contributed by atoms with E-state index in [1.807, 2.05) is 24.3 Å². The molecule has 33 heavy (non-hydrogen) atoms. The molecule has 0 aliphatic carbocycles. The van der Waals surface area contributed by atoms with Gasteiger partial charge in [-0.3, -0.25) is 14.3 Å². The Bertz CT molecular complexity index is 1220. The molecule has 3 aromatic rings. The maximum absolute atomic E-state index is 13.3. The molecule has 0 radical (unpaired) electrons. The first-order valence-electron chi connectivity index (χ1n) is 10.4. The van der Waals surface area contributed by atoms with E-state index in [1.165, 1.54) is 9.58 Å². The van der Waals surface area contributed by atoms with Gasteiger partial charge in [-0.25, -0.2) is 4.79 Å². The van der Waals surface area contributed by atoms with E-state index in [0.717, 1.165) is 16.8 Å². The van der Waals surface area contributed by atoms with Crippen LogP contribution in [0.1, 0.15) is 27.2 Å². The van der Waals surface area contributed by atoms with E-state index in [9.17, 15) is 14.4 Å². The summed E-state index contributed by atoms with van der Waals surface area (Å²) in [6.07, 6.45) is 0.285. The Morgan fingerprint density at radius 3 is 2.52 bits per heavy atom. The number of carbonyl (C=O) groups excluding carboxylic acids is 3. The van der Waals surface area contributed by atoms with Gasteiger partial charge in [0, 0.05) is 26.1 Å². The van der Waals surface area contributed by atoms with Crippen molar-refractivity contribution in [1.29, 1.82) is 0 Å². The molecule has 1 aromatic heterocycles. The van der Waals surface area contributed by atoms with E-state index in [4.69, 9.17) is 16.3 Å². The average molecular weight is 467 g/mol. The first-order valence-corrected chi connectivity index (χ1v) is 10.8. The summed E-state index contributed by atoms with van der Waals surface area (Å²) in [5.41, 5.74) is 2.96. The van der Waals surface area contributed by atoms with Crippen LogP contribution in [0.25, 0.3) is 0 Å². The van der Waals surface area contributed by atoms with Crippen LogP contribution >= 0.6 is 11.6 Å². The lowest BCUT2D eigenvalue weighted by atomic mass is 9.93. The van der Waals surface area contributed by atoms with E-state index < -0.39 is 24.5 Å². The number of ether oxygens (including phenoxy) is 1. The van der Waals surface area contributed by atoms with Gasteiger partial charge in [-0.2, -0.15) is 5.10 Å². The quantitative estimate of drug-likeness (QED) is 0.583. The number of halogens is 1. The molecule has 2 heterocycles. The van der Waals surface area contributed by atoms with Crippen molar-refractivity contribution in [3.8, 4) is 0 Å². The Balaban J connectivity index is 1.51. The Morgan fingerprint density at radius 1 is 1.12 bits per heavy atom. The fraction of sp³-hybridized carbons (Fsp3) is 0.250. The highest BCUT2D eigenvalue weighted by Gasteiger charge is 2.36. The van der Waals surface area contributed by atoms with Crippen molar-refractivity contribution in [2.75, 3.05) is 11.9 Å². The number of aryl methyl sites for hydroxylation is 2. The molecule has 1 N–H and O–H groups in total. The van der Waals surface area contributed by atoms with Crippen LogP contribution in [0.4, 0.5) is 5.82 Å². The van der Waals surface area contributed by atoms with E-state index in [0.29, 0.717) is 16.4 Å². The zero-order valence-electron chi connectivity index (χ0n) is 18.2. The number of nitrogens with zero attached hydrogens (tertiary/aromatic N) is 3. The van der Waals surface area contributed by atoms with Crippen LogP contribution in [0.5, 0.6) is 0 Å². The lowest BCUT2D eigenvalue weighted by molar-refractivity contribution is -0.152. The zero-order valence-corrected chi connectivity index (χ0v) is 19.0. The number of nitrogens with one attached hydrogen (secondary N) is 1. The van der Waals surface area contributed by atoms with Crippen molar-refractivity contribution < 1.29 is 19.1 Å². The summed E-state index contributed by atoms with van der Waals surface area (Å²) in [4.78, 5) is 40.1. The van der Waals surface area contributed by atoms with Crippen LogP contribution in [0.3, 0.4) is 0 Å². The Hall–Kier alpha value is -3.65. The molecular formula is C24H23ClN4O4. The number of hydrogen-bond acceptors (Lipinski definition) is 5. The summed E-state index contributed by atoms with van der Waals surface area (Å²) >= 11 is 6.24. The third-order valence-corrected chi connectivity index (χ3v) is 5.83. The summed E-state index contributed by atoms with van der Waals surface area (Å²) < 4.78 is 6.84. The highest BCUT2D eigenvalue weighted by atomic mass is 35.5. The largest absolute Gasteiger partial charge is 0.454 e. The van der Waals surface area contributed by atoms with E-state index in [1.54, 1.807) is 44.3 Å². The average Bonchev–Trinajstić information content (AvgIpc) is 3.12. The standard InChI is InChI=1S/C24H23ClN4O4/c1-15-11-21(28(2)27-15)26-22(30)14-33-24(32)20-12-16-7-3-4-8-17(16)13-29(20)23(31)18-9-5-6-10-19(18)25/h3-11,20H,12-14H2,1-2H3,(H,26,30)/t20-/m0/s1. The molecule has 1 atom stereocenters. The normalized spacial score (nSPS) is 15.0. The van der Waals surface area contributed by atoms with Crippen LogP contribution in [0.15, 0.2) is 54.6 Å². The van der Waals surface area contributed by atoms with Crippen molar-refractivity contribution in [3.63, 3.8) is 0 Å². The third kappa shape index (κ3) is 4.90. The lowest BCUT2D eigenvalue weighted by Crippen LogP contribution is -2.49. The smallest absolute Gasteiger partial charge is 0.329 e. The van der Waals surface area contributed by atoms with Gasteiger partial charge in [0.1, 0.15) is 11.9 Å². The lowest BCUT2D eigenvalue weighted by Gasteiger charge is -2.35. The number of benzene rings is 2. The highest BCUT2D eigenvalue weighted by Crippen LogP contribution is 2.27. The van der Waals surface area contributed by atoms with Gasteiger partial charge in [-0.05, 0) is 30.2 Å². The number of aromatic nitrogens is 2. The number of rotatable bonds is 5. The topological polar surface area (TPSA) is 93.5 Å². The molecule has 9 heteroatoms. The summed E-state index contributed by atoms with van der Waals surface area (Å²) in [6.45, 7) is 1.57. The maximum atomic E-state index is 13.3. The zero-order chi connectivity index (χ0) is 23.5.